The molecule has 2 N–H and O–H groups in total. The molecule has 0 fully saturated rings. The summed E-state index contributed by atoms with van der Waals surface area (Å²) in [5.41, 5.74) is 8.22. The van der Waals surface area contributed by atoms with E-state index in [-0.39, 0.29) is 6.61 Å². The van der Waals surface area contributed by atoms with Crippen molar-refractivity contribution in [1.82, 2.24) is 14.9 Å². The molecule has 0 aliphatic carbocycles. The average Bonchev–Trinajstić information content (AvgIpc) is 2.68. The van der Waals surface area contributed by atoms with Crippen LogP contribution < -0.4 is 10.5 Å². The standard InChI is InChI=1S/C20H19Cl2N5O/c1-27(2)19(23)26-20-24-11-10-18(25-20)13-6-8-14(9-7-13)28-12-15-16(21)4-3-5-17(15)22/h3-11H,12H2,1-2H3,(H2,23,24,25,26). The van der Waals surface area contributed by atoms with Gasteiger partial charge in [-0.05, 0) is 42.5 Å². The molecular weight excluding hydrogens is 397 g/mol. The van der Waals surface area contributed by atoms with Crippen molar-refractivity contribution in [3.05, 3.63) is 70.3 Å². The molecule has 0 bridgehead atoms. The number of benzene rings is 2. The number of guanidine groups is 1. The molecule has 1 heterocycles. The van der Waals surface area contributed by atoms with Gasteiger partial charge in [0.1, 0.15) is 12.4 Å². The van der Waals surface area contributed by atoms with Crippen LogP contribution >= 0.6 is 23.2 Å². The maximum atomic E-state index is 6.17. The Labute approximate surface area is 173 Å². The van der Waals surface area contributed by atoms with Crippen molar-refractivity contribution >= 4 is 35.1 Å². The predicted octanol–water partition coefficient (Wildman–Crippen LogP) is 4.54. The van der Waals surface area contributed by atoms with Gasteiger partial charge in [0.15, 0.2) is 5.96 Å². The highest BCUT2D eigenvalue weighted by Crippen LogP contribution is 2.27. The first kappa shape index (κ1) is 19.9. The second kappa shape index (κ2) is 8.91. The lowest BCUT2D eigenvalue weighted by atomic mass is 10.1. The molecule has 2 aromatic carbocycles. The van der Waals surface area contributed by atoms with E-state index < -0.39 is 0 Å². The number of halogens is 2. The van der Waals surface area contributed by atoms with E-state index in [1.807, 2.05) is 30.3 Å². The molecule has 0 amide bonds. The van der Waals surface area contributed by atoms with Crippen molar-refractivity contribution in [1.29, 1.82) is 0 Å². The molecule has 28 heavy (non-hydrogen) atoms. The maximum absolute atomic E-state index is 6.17. The van der Waals surface area contributed by atoms with Crippen molar-refractivity contribution in [2.75, 3.05) is 14.1 Å². The molecular formula is C20H19Cl2N5O. The van der Waals surface area contributed by atoms with E-state index >= 15 is 0 Å². The molecule has 0 aliphatic rings. The highest BCUT2D eigenvalue weighted by molar-refractivity contribution is 6.35. The molecule has 6 nitrogen and oxygen atoms in total. The minimum Gasteiger partial charge on any atom is -0.489 e. The van der Waals surface area contributed by atoms with Crippen LogP contribution in [0.5, 0.6) is 5.75 Å². The van der Waals surface area contributed by atoms with Gasteiger partial charge >= 0.3 is 0 Å². The van der Waals surface area contributed by atoms with Crippen LogP contribution in [0.25, 0.3) is 11.3 Å². The van der Waals surface area contributed by atoms with Crippen LogP contribution in [-0.2, 0) is 6.61 Å². The zero-order valence-corrected chi connectivity index (χ0v) is 16.9. The summed E-state index contributed by atoms with van der Waals surface area (Å²) in [4.78, 5) is 14.4. The largest absolute Gasteiger partial charge is 0.489 e. The Morgan fingerprint density at radius 2 is 1.75 bits per heavy atom. The Bertz CT molecular complexity index is 970. The van der Waals surface area contributed by atoms with Gasteiger partial charge in [-0.3, -0.25) is 0 Å². The Hall–Kier alpha value is -2.83. The van der Waals surface area contributed by atoms with Gasteiger partial charge in [0.05, 0.1) is 5.69 Å². The fourth-order valence-electron chi connectivity index (χ4n) is 2.31. The lowest BCUT2D eigenvalue weighted by Crippen LogP contribution is -2.29. The summed E-state index contributed by atoms with van der Waals surface area (Å²) in [6.07, 6.45) is 1.65. The summed E-state index contributed by atoms with van der Waals surface area (Å²) in [7, 11) is 3.61. The van der Waals surface area contributed by atoms with Crippen LogP contribution in [-0.4, -0.2) is 34.9 Å². The van der Waals surface area contributed by atoms with Crippen LogP contribution in [0.3, 0.4) is 0 Å². The normalized spacial score (nSPS) is 11.4. The molecule has 0 aliphatic heterocycles. The van der Waals surface area contributed by atoms with Gasteiger partial charge in [-0.2, -0.15) is 4.99 Å². The molecule has 3 rings (SSSR count). The lowest BCUT2D eigenvalue weighted by Gasteiger charge is -2.10. The van der Waals surface area contributed by atoms with Crippen molar-refractivity contribution in [2.24, 2.45) is 10.7 Å². The van der Waals surface area contributed by atoms with E-state index in [1.165, 1.54) is 0 Å². The first-order chi connectivity index (χ1) is 13.4. The Morgan fingerprint density at radius 1 is 1.07 bits per heavy atom. The number of nitrogens with two attached hydrogens (primary N) is 1. The summed E-state index contributed by atoms with van der Waals surface area (Å²) in [6.45, 7) is 0.286. The summed E-state index contributed by atoms with van der Waals surface area (Å²) < 4.78 is 5.80. The van der Waals surface area contributed by atoms with Crippen LogP contribution in [0.15, 0.2) is 59.7 Å². The number of ether oxygens (including phenoxy) is 1. The minimum atomic E-state index is 0.286. The first-order valence-electron chi connectivity index (χ1n) is 8.44. The van der Waals surface area contributed by atoms with Gasteiger partial charge in [-0.15, -0.1) is 0 Å². The molecule has 0 radical (unpaired) electrons. The molecule has 3 aromatic rings. The Balaban J connectivity index is 1.73. The van der Waals surface area contributed by atoms with E-state index in [0.717, 1.165) is 16.8 Å². The topological polar surface area (TPSA) is 76.6 Å². The monoisotopic (exact) mass is 415 g/mol. The second-order valence-corrected chi connectivity index (χ2v) is 6.93. The molecule has 0 atom stereocenters. The zero-order chi connectivity index (χ0) is 20.1. The van der Waals surface area contributed by atoms with Crippen molar-refractivity contribution in [2.45, 2.75) is 6.61 Å². The van der Waals surface area contributed by atoms with Crippen molar-refractivity contribution < 1.29 is 4.74 Å². The number of aromatic nitrogens is 2. The van der Waals surface area contributed by atoms with Gasteiger partial charge < -0.3 is 15.4 Å². The lowest BCUT2D eigenvalue weighted by molar-refractivity contribution is 0.306. The van der Waals surface area contributed by atoms with Gasteiger partial charge in [-0.25, -0.2) is 9.97 Å². The van der Waals surface area contributed by atoms with Gasteiger partial charge in [0, 0.05) is 41.5 Å². The number of rotatable bonds is 5. The summed E-state index contributed by atoms with van der Waals surface area (Å²) in [6, 6.07) is 14.7. The Morgan fingerprint density at radius 3 is 2.39 bits per heavy atom. The third kappa shape index (κ3) is 4.91. The zero-order valence-electron chi connectivity index (χ0n) is 15.4. The SMILES string of the molecule is CN(C)/C(N)=N\c1nccc(-c2ccc(OCc3c(Cl)cccc3Cl)cc2)n1. The molecule has 0 spiro atoms. The summed E-state index contributed by atoms with van der Waals surface area (Å²) in [5, 5.41) is 1.16. The van der Waals surface area contributed by atoms with Crippen LogP contribution in [0.1, 0.15) is 5.56 Å². The molecule has 1 aromatic heterocycles. The average molecular weight is 416 g/mol. The number of nitrogens with zero attached hydrogens (tertiary/aromatic N) is 4. The minimum absolute atomic E-state index is 0.286. The van der Waals surface area contributed by atoms with Crippen molar-refractivity contribution in [3.8, 4) is 17.0 Å². The predicted molar refractivity (Wildman–Crippen MR) is 113 cm³/mol. The second-order valence-electron chi connectivity index (χ2n) is 6.12. The fraction of sp³-hybridized carbons (Fsp3) is 0.150. The van der Waals surface area contributed by atoms with Gasteiger partial charge in [0.25, 0.3) is 5.95 Å². The quantitative estimate of drug-likeness (QED) is 0.488. The van der Waals surface area contributed by atoms with E-state index in [9.17, 15) is 0 Å². The van der Waals surface area contributed by atoms with Crippen molar-refractivity contribution in [3.63, 3.8) is 0 Å². The van der Waals surface area contributed by atoms with E-state index in [2.05, 4.69) is 15.0 Å². The third-order valence-electron chi connectivity index (χ3n) is 3.91. The molecule has 8 heteroatoms. The molecule has 144 valence electrons. The molecule has 0 saturated heterocycles. The number of hydrogen-bond donors (Lipinski definition) is 1. The summed E-state index contributed by atoms with van der Waals surface area (Å²) >= 11 is 12.3. The van der Waals surface area contributed by atoms with Crippen LogP contribution in [0.4, 0.5) is 5.95 Å². The van der Waals surface area contributed by atoms with Gasteiger partial charge in [0.2, 0.25) is 0 Å². The Kier molecular flexibility index (Phi) is 6.34. The summed E-state index contributed by atoms with van der Waals surface area (Å²) in [5.74, 6) is 1.33. The van der Waals surface area contributed by atoms with E-state index in [0.29, 0.717) is 27.7 Å². The third-order valence-corrected chi connectivity index (χ3v) is 4.62. The number of hydrogen-bond acceptors (Lipinski definition) is 4. The smallest absolute Gasteiger partial charge is 0.253 e. The highest BCUT2D eigenvalue weighted by atomic mass is 35.5. The molecule has 0 saturated carbocycles. The molecule has 0 unspecified atom stereocenters. The van der Waals surface area contributed by atoms with Gasteiger partial charge in [-0.1, -0.05) is 29.3 Å². The van der Waals surface area contributed by atoms with E-state index in [4.69, 9.17) is 33.7 Å². The number of aliphatic imine (C=N–C) groups is 1. The van der Waals surface area contributed by atoms with E-state index in [1.54, 1.807) is 43.4 Å². The maximum Gasteiger partial charge on any atom is 0.253 e. The van der Waals surface area contributed by atoms with Crippen LogP contribution in [0.2, 0.25) is 10.0 Å². The highest BCUT2D eigenvalue weighted by Gasteiger charge is 2.07. The fourth-order valence-corrected chi connectivity index (χ4v) is 2.82. The van der Waals surface area contributed by atoms with Crippen LogP contribution in [0, 0.1) is 0 Å². The first-order valence-corrected chi connectivity index (χ1v) is 9.20.